The third-order valence-electron chi connectivity index (χ3n) is 2.55. The van der Waals surface area contributed by atoms with Crippen LogP contribution < -0.4 is 0 Å². The molecular formula is C11H8BrN3. The van der Waals surface area contributed by atoms with Crippen LogP contribution in [0, 0.1) is 6.92 Å². The largest absolute Gasteiger partial charge is 0.286 e. The molecule has 2 aromatic heterocycles. The van der Waals surface area contributed by atoms with Crippen LogP contribution in [0.15, 0.2) is 34.9 Å². The summed E-state index contributed by atoms with van der Waals surface area (Å²) < 4.78 is 3.08. The molecule has 74 valence electrons. The van der Waals surface area contributed by atoms with Crippen molar-refractivity contribution in [3.8, 4) is 0 Å². The van der Waals surface area contributed by atoms with Gasteiger partial charge in [-0.25, -0.2) is 0 Å². The highest BCUT2D eigenvalue weighted by Crippen LogP contribution is 2.26. The fraction of sp³-hybridized carbons (Fsp3) is 0.0909. The number of nitrogens with zero attached hydrogens (tertiary/aromatic N) is 3. The summed E-state index contributed by atoms with van der Waals surface area (Å²) >= 11 is 3.53. The first-order valence-corrected chi connectivity index (χ1v) is 5.45. The van der Waals surface area contributed by atoms with Crippen LogP contribution in [-0.4, -0.2) is 14.6 Å². The lowest BCUT2D eigenvalue weighted by molar-refractivity contribution is 1.01. The predicted octanol–water partition coefficient (Wildman–Crippen LogP) is 2.95. The Bertz CT molecular complexity index is 657. The molecule has 0 N–H and O–H groups in total. The highest BCUT2D eigenvalue weighted by atomic mass is 79.9. The maximum atomic E-state index is 4.18. The number of fused-ring (bicyclic) bond motifs is 3. The minimum Gasteiger partial charge on any atom is -0.286 e. The van der Waals surface area contributed by atoms with Crippen LogP contribution >= 0.6 is 15.9 Å². The van der Waals surface area contributed by atoms with Gasteiger partial charge in [-0.2, -0.15) is 0 Å². The molecule has 3 nitrogen and oxygen atoms in total. The molecule has 3 rings (SSSR count). The second-order valence-corrected chi connectivity index (χ2v) is 4.31. The minimum atomic E-state index is 0.909. The SMILES string of the molecule is Cc1nnc2c3cccc(Br)c3ccn12. The van der Waals surface area contributed by atoms with Gasteiger partial charge < -0.3 is 0 Å². The molecule has 0 amide bonds. The average molecular weight is 262 g/mol. The van der Waals surface area contributed by atoms with Gasteiger partial charge in [-0.15, -0.1) is 10.2 Å². The molecule has 0 aliphatic heterocycles. The van der Waals surface area contributed by atoms with Gasteiger partial charge in [0.2, 0.25) is 0 Å². The molecule has 3 aromatic rings. The average Bonchev–Trinajstić information content (AvgIpc) is 2.61. The summed E-state index contributed by atoms with van der Waals surface area (Å²) in [6.45, 7) is 1.95. The lowest BCUT2D eigenvalue weighted by Gasteiger charge is -2.02. The predicted molar refractivity (Wildman–Crippen MR) is 62.9 cm³/mol. The second kappa shape index (κ2) is 3.03. The monoisotopic (exact) mass is 261 g/mol. The quantitative estimate of drug-likeness (QED) is 0.623. The summed E-state index contributed by atoms with van der Waals surface area (Å²) in [6.07, 6.45) is 2.00. The summed E-state index contributed by atoms with van der Waals surface area (Å²) in [5.41, 5.74) is 0.909. The number of rotatable bonds is 0. The van der Waals surface area contributed by atoms with Crippen molar-refractivity contribution in [1.29, 1.82) is 0 Å². The van der Waals surface area contributed by atoms with E-state index in [1.54, 1.807) is 0 Å². The fourth-order valence-electron chi connectivity index (χ4n) is 1.78. The zero-order valence-electron chi connectivity index (χ0n) is 8.11. The highest BCUT2D eigenvalue weighted by Gasteiger charge is 2.06. The van der Waals surface area contributed by atoms with Gasteiger partial charge in [-0.3, -0.25) is 4.40 Å². The molecule has 0 unspecified atom stereocenters. The molecule has 0 radical (unpaired) electrons. The molecule has 0 saturated heterocycles. The van der Waals surface area contributed by atoms with Gasteiger partial charge in [-0.05, 0) is 19.1 Å². The Hall–Kier alpha value is -1.42. The van der Waals surface area contributed by atoms with Gasteiger partial charge in [0.1, 0.15) is 5.82 Å². The smallest absolute Gasteiger partial charge is 0.168 e. The zero-order chi connectivity index (χ0) is 10.4. The number of pyridine rings is 1. The maximum Gasteiger partial charge on any atom is 0.168 e. The minimum absolute atomic E-state index is 0.909. The highest BCUT2D eigenvalue weighted by molar-refractivity contribution is 9.10. The third kappa shape index (κ3) is 1.18. The van der Waals surface area contributed by atoms with Crippen molar-refractivity contribution in [2.24, 2.45) is 0 Å². The van der Waals surface area contributed by atoms with E-state index in [1.165, 1.54) is 0 Å². The number of aromatic nitrogens is 3. The molecule has 0 saturated carbocycles. The van der Waals surface area contributed by atoms with Crippen molar-refractivity contribution in [2.75, 3.05) is 0 Å². The first kappa shape index (κ1) is 8.85. The Morgan fingerprint density at radius 1 is 1.13 bits per heavy atom. The lowest BCUT2D eigenvalue weighted by atomic mass is 10.2. The summed E-state index contributed by atoms with van der Waals surface area (Å²) in [6, 6.07) is 8.17. The molecule has 4 heteroatoms. The topological polar surface area (TPSA) is 30.2 Å². The molecule has 0 atom stereocenters. The van der Waals surface area contributed by atoms with E-state index in [2.05, 4.69) is 38.3 Å². The van der Waals surface area contributed by atoms with Crippen LogP contribution in [-0.2, 0) is 0 Å². The van der Waals surface area contributed by atoms with Gasteiger partial charge in [0, 0.05) is 21.4 Å². The van der Waals surface area contributed by atoms with Crippen LogP contribution in [0.25, 0.3) is 16.4 Å². The number of halogens is 1. The molecule has 0 aliphatic rings. The summed E-state index contributed by atoms with van der Waals surface area (Å²) in [5.74, 6) is 0.909. The Balaban J connectivity index is 2.61. The van der Waals surface area contributed by atoms with Gasteiger partial charge in [0.25, 0.3) is 0 Å². The van der Waals surface area contributed by atoms with Crippen LogP contribution in [0.3, 0.4) is 0 Å². The Labute approximate surface area is 94.9 Å². The number of hydrogen-bond acceptors (Lipinski definition) is 2. The van der Waals surface area contributed by atoms with Gasteiger partial charge in [0.05, 0.1) is 0 Å². The van der Waals surface area contributed by atoms with Crippen LogP contribution in [0.4, 0.5) is 0 Å². The van der Waals surface area contributed by atoms with Gasteiger partial charge >= 0.3 is 0 Å². The van der Waals surface area contributed by atoms with E-state index < -0.39 is 0 Å². The molecule has 0 fully saturated rings. The van der Waals surface area contributed by atoms with Crippen LogP contribution in [0.5, 0.6) is 0 Å². The van der Waals surface area contributed by atoms with Crippen molar-refractivity contribution < 1.29 is 0 Å². The Morgan fingerprint density at radius 2 is 2.00 bits per heavy atom. The molecule has 0 aliphatic carbocycles. The second-order valence-electron chi connectivity index (χ2n) is 3.46. The summed E-state index contributed by atoms with van der Waals surface area (Å²) in [4.78, 5) is 0. The molecule has 1 aromatic carbocycles. The fourth-order valence-corrected chi connectivity index (χ4v) is 2.28. The number of hydrogen-bond donors (Lipinski definition) is 0. The summed E-state index contributed by atoms with van der Waals surface area (Å²) in [5, 5.41) is 10.5. The maximum absolute atomic E-state index is 4.18. The Morgan fingerprint density at radius 3 is 2.87 bits per heavy atom. The van der Waals surface area contributed by atoms with Gasteiger partial charge in [0.15, 0.2) is 5.65 Å². The van der Waals surface area contributed by atoms with Crippen molar-refractivity contribution in [3.05, 3.63) is 40.8 Å². The van der Waals surface area contributed by atoms with Crippen LogP contribution in [0.2, 0.25) is 0 Å². The normalized spacial score (nSPS) is 11.3. The molecule has 2 heterocycles. The van der Waals surface area contributed by atoms with E-state index in [4.69, 9.17) is 0 Å². The Kier molecular flexibility index (Phi) is 1.79. The first-order valence-electron chi connectivity index (χ1n) is 4.66. The van der Waals surface area contributed by atoms with Gasteiger partial charge in [-0.1, -0.05) is 28.1 Å². The van der Waals surface area contributed by atoms with Crippen molar-refractivity contribution in [3.63, 3.8) is 0 Å². The van der Waals surface area contributed by atoms with Crippen LogP contribution in [0.1, 0.15) is 5.82 Å². The van der Waals surface area contributed by atoms with E-state index in [1.807, 2.05) is 29.7 Å². The van der Waals surface area contributed by atoms with E-state index in [9.17, 15) is 0 Å². The molecular weight excluding hydrogens is 254 g/mol. The number of benzene rings is 1. The standard InChI is InChI=1S/C11H8BrN3/c1-7-13-14-11-9-3-2-4-10(12)8(9)5-6-15(7)11/h2-6H,1H3. The molecule has 0 spiro atoms. The van der Waals surface area contributed by atoms with Crippen molar-refractivity contribution in [1.82, 2.24) is 14.6 Å². The molecule has 0 bridgehead atoms. The lowest BCUT2D eigenvalue weighted by Crippen LogP contribution is -1.88. The van der Waals surface area contributed by atoms with Crippen molar-refractivity contribution in [2.45, 2.75) is 6.92 Å². The number of aryl methyl sites for hydroxylation is 1. The van der Waals surface area contributed by atoms with Crippen molar-refractivity contribution >= 4 is 32.3 Å². The van der Waals surface area contributed by atoms with E-state index in [0.29, 0.717) is 0 Å². The zero-order valence-corrected chi connectivity index (χ0v) is 9.69. The van der Waals surface area contributed by atoms with E-state index in [-0.39, 0.29) is 0 Å². The van der Waals surface area contributed by atoms with E-state index in [0.717, 1.165) is 26.7 Å². The third-order valence-corrected chi connectivity index (χ3v) is 3.24. The summed E-state index contributed by atoms with van der Waals surface area (Å²) in [7, 11) is 0. The molecule has 15 heavy (non-hydrogen) atoms. The first-order chi connectivity index (χ1) is 7.27. The van der Waals surface area contributed by atoms with E-state index >= 15 is 0 Å².